The highest BCUT2D eigenvalue weighted by Crippen LogP contribution is 2.45. The zero-order valence-electron chi connectivity index (χ0n) is 16.1. The fourth-order valence-corrected chi connectivity index (χ4v) is 4.92. The average molecular weight is 378 g/mol. The van der Waals surface area contributed by atoms with E-state index in [0.29, 0.717) is 18.9 Å². The first kappa shape index (κ1) is 17.6. The summed E-state index contributed by atoms with van der Waals surface area (Å²) in [4.78, 5) is 39.5. The molecule has 1 saturated heterocycles. The van der Waals surface area contributed by atoms with Gasteiger partial charge in [-0.1, -0.05) is 0 Å². The third kappa shape index (κ3) is 3.15. The van der Waals surface area contributed by atoms with Crippen molar-refractivity contribution in [3.63, 3.8) is 0 Å². The molecule has 5 rings (SSSR count). The van der Waals surface area contributed by atoms with Crippen molar-refractivity contribution in [2.24, 2.45) is 0 Å². The second-order valence-electron chi connectivity index (χ2n) is 8.61. The predicted molar refractivity (Wildman–Crippen MR) is 105 cm³/mol. The van der Waals surface area contributed by atoms with E-state index in [0.717, 1.165) is 74.1 Å². The van der Waals surface area contributed by atoms with E-state index in [1.165, 1.54) is 0 Å². The molecule has 0 aromatic carbocycles. The Morgan fingerprint density at radius 1 is 1.25 bits per heavy atom. The molecule has 28 heavy (non-hydrogen) atoms. The number of aryl methyl sites for hydroxylation is 1. The van der Waals surface area contributed by atoms with Gasteiger partial charge in [-0.3, -0.25) is 14.6 Å². The largest absolute Gasteiger partial charge is 0.342 e. The topological polar surface area (TPSA) is 79.0 Å². The number of aromatic nitrogens is 3. The van der Waals surface area contributed by atoms with Gasteiger partial charge >= 0.3 is 0 Å². The smallest absolute Gasteiger partial charge is 0.254 e. The highest BCUT2D eigenvalue weighted by atomic mass is 16.2. The summed E-state index contributed by atoms with van der Waals surface area (Å²) in [6.45, 7) is 1.51. The standard InChI is InChI=1S/C22H26N4O2/c27-18(5-2-15-7-11-23-12-8-15)26-13-1-9-22(14-26)10-6-17-19(22)24-20(16-3-4-16)25-21(17)28/h7-8,11-12,16H,1-6,9-10,13-14H2,(H,24,25,28). The Balaban J connectivity index is 1.35. The van der Waals surface area contributed by atoms with Crippen LogP contribution in [0.4, 0.5) is 0 Å². The summed E-state index contributed by atoms with van der Waals surface area (Å²) >= 11 is 0. The molecule has 1 N–H and O–H groups in total. The zero-order valence-corrected chi connectivity index (χ0v) is 16.1. The summed E-state index contributed by atoms with van der Waals surface area (Å²) in [6.07, 6.45) is 10.7. The van der Waals surface area contributed by atoms with Crippen molar-refractivity contribution in [2.75, 3.05) is 13.1 Å². The molecule has 6 nitrogen and oxygen atoms in total. The van der Waals surface area contributed by atoms with Gasteiger partial charge in [0.15, 0.2) is 0 Å². The van der Waals surface area contributed by atoms with E-state index >= 15 is 0 Å². The van der Waals surface area contributed by atoms with Crippen LogP contribution in [0, 0.1) is 0 Å². The molecule has 1 amide bonds. The van der Waals surface area contributed by atoms with E-state index in [1.54, 1.807) is 12.4 Å². The zero-order chi connectivity index (χ0) is 19.1. The van der Waals surface area contributed by atoms with Crippen LogP contribution in [0.3, 0.4) is 0 Å². The first-order valence-corrected chi connectivity index (χ1v) is 10.4. The van der Waals surface area contributed by atoms with Gasteiger partial charge in [-0.05, 0) is 62.6 Å². The fourth-order valence-electron chi connectivity index (χ4n) is 4.92. The van der Waals surface area contributed by atoms with Crippen LogP contribution in [0.2, 0.25) is 0 Å². The third-order valence-electron chi connectivity index (χ3n) is 6.66. The SMILES string of the molecule is O=C(CCc1ccncc1)N1CCCC2(CCc3c2nc(C2CC2)[nH]c3=O)C1. The molecule has 1 saturated carbocycles. The maximum atomic E-state index is 12.9. The number of pyridine rings is 1. The molecule has 1 spiro atoms. The fraction of sp³-hybridized carbons (Fsp3) is 0.545. The van der Waals surface area contributed by atoms with Gasteiger partial charge in [0.25, 0.3) is 5.56 Å². The number of carbonyl (C=O) groups excluding carboxylic acids is 1. The lowest BCUT2D eigenvalue weighted by Crippen LogP contribution is -2.48. The number of aromatic amines is 1. The van der Waals surface area contributed by atoms with Gasteiger partial charge in [-0.2, -0.15) is 0 Å². The number of carbonyl (C=O) groups is 1. The Bertz CT molecular complexity index is 951. The Labute approximate surface area is 164 Å². The summed E-state index contributed by atoms with van der Waals surface area (Å²) in [7, 11) is 0. The van der Waals surface area contributed by atoms with Crippen molar-refractivity contribution in [1.82, 2.24) is 19.9 Å². The number of H-pyrrole nitrogens is 1. The quantitative estimate of drug-likeness (QED) is 0.886. The van der Waals surface area contributed by atoms with Crippen LogP contribution in [-0.2, 0) is 23.1 Å². The summed E-state index contributed by atoms with van der Waals surface area (Å²) in [5.74, 6) is 1.50. The maximum Gasteiger partial charge on any atom is 0.254 e. The molecule has 1 aliphatic heterocycles. The number of amides is 1. The molecule has 2 fully saturated rings. The Morgan fingerprint density at radius 3 is 2.86 bits per heavy atom. The van der Waals surface area contributed by atoms with Crippen LogP contribution in [0.15, 0.2) is 29.3 Å². The maximum absolute atomic E-state index is 12.9. The average Bonchev–Trinajstić information content (AvgIpc) is 3.52. The highest BCUT2D eigenvalue weighted by molar-refractivity contribution is 5.76. The van der Waals surface area contributed by atoms with Crippen molar-refractivity contribution in [3.8, 4) is 0 Å². The lowest BCUT2D eigenvalue weighted by Gasteiger charge is -2.40. The minimum Gasteiger partial charge on any atom is -0.342 e. The van der Waals surface area contributed by atoms with Gasteiger partial charge in [0.1, 0.15) is 5.82 Å². The van der Waals surface area contributed by atoms with E-state index in [1.807, 2.05) is 17.0 Å². The summed E-state index contributed by atoms with van der Waals surface area (Å²) in [6, 6.07) is 3.93. The molecule has 146 valence electrons. The predicted octanol–water partition coefficient (Wildman–Crippen LogP) is 2.48. The minimum absolute atomic E-state index is 0.0462. The summed E-state index contributed by atoms with van der Waals surface area (Å²) in [5, 5.41) is 0. The van der Waals surface area contributed by atoms with E-state index in [2.05, 4.69) is 9.97 Å². The van der Waals surface area contributed by atoms with Crippen LogP contribution in [0.25, 0.3) is 0 Å². The number of rotatable bonds is 4. The van der Waals surface area contributed by atoms with E-state index in [4.69, 9.17) is 4.98 Å². The summed E-state index contributed by atoms with van der Waals surface area (Å²) < 4.78 is 0. The molecule has 2 aromatic heterocycles. The molecule has 3 aliphatic rings. The molecule has 0 radical (unpaired) electrons. The van der Waals surface area contributed by atoms with E-state index in [-0.39, 0.29) is 16.9 Å². The number of likely N-dealkylation sites (tertiary alicyclic amines) is 1. The van der Waals surface area contributed by atoms with Gasteiger partial charge in [-0.15, -0.1) is 0 Å². The van der Waals surface area contributed by atoms with Gasteiger partial charge in [0, 0.05) is 48.8 Å². The lowest BCUT2D eigenvalue weighted by atomic mass is 9.77. The van der Waals surface area contributed by atoms with Gasteiger partial charge in [0.2, 0.25) is 5.91 Å². The van der Waals surface area contributed by atoms with Crippen LogP contribution < -0.4 is 5.56 Å². The molecular weight excluding hydrogens is 352 g/mol. The summed E-state index contributed by atoms with van der Waals surface area (Å²) in [5.41, 5.74) is 2.91. The number of nitrogens with one attached hydrogen (secondary N) is 1. The first-order valence-electron chi connectivity index (χ1n) is 10.4. The Morgan fingerprint density at radius 2 is 2.07 bits per heavy atom. The second kappa shape index (κ2) is 6.83. The Kier molecular flexibility index (Phi) is 4.29. The van der Waals surface area contributed by atoms with Crippen LogP contribution >= 0.6 is 0 Å². The molecule has 0 bridgehead atoms. The van der Waals surface area contributed by atoms with Gasteiger partial charge in [-0.25, -0.2) is 4.98 Å². The van der Waals surface area contributed by atoms with Crippen LogP contribution in [0.1, 0.15) is 67.1 Å². The van der Waals surface area contributed by atoms with Crippen molar-refractivity contribution < 1.29 is 4.79 Å². The monoisotopic (exact) mass is 378 g/mol. The third-order valence-corrected chi connectivity index (χ3v) is 6.66. The molecule has 3 heterocycles. The lowest BCUT2D eigenvalue weighted by molar-refractivity contribution is -0.133. The van der Waals surface area contributed by atoms with Crippen molar-refractivity contribution >= 4 is 5.91 Å². The number of fused-ring (bicyclic) bond motifs is 2. The molecule has 2 aromatic rings. The number of piperidine rings is 1. The second-order valence-corrected chi connectivity index (χ2v) is 8.61. The molecular formula is C22H26N4O2. The van der Waals surface area contributed by atoms with Crippen molar-refractivity contribution in [3.05, 3.63) is 57.5 Å². The highest BCUT2D eigenvalue weighted by Gasteiger charge is 2.46. The van der Waals surface area contributed by atoms with Crippen LogP contribution in [-0.4, -0.2) is 38.8 Å². The normalized spacial score (nSPS) is 23.8. The first-order chi connectivity index (χ1) is 13.6. The van der Waals surface area contributed by atoms with Crippen molar-refractivity contribution in [1.29, 1.82) is 0 Å². The molecule has 1 unspecified atom stereocenters. The Hall–Kier alpha value is -2.50. The van der Waals surface area contributed by atoms with Crippen LogP contribution in [0.5, 0.6) is 0 Å². The van der Waals surface area contributed by atoms with Gasteiger partial charge < -0.3 is 9.88 Å². The molecule has 2 aliphatic carbocycles. The molecule has 1 atom stereocenters. The van der Waals surface area contributed by atoms with Crippen molar-refractivity contribution in [2.45, 2.75) is 62.7 Å². The number of hydrogen-bond donors (Lipinski definition) is 1. The van der Waals surface area contributed by atoms with E-state index in [9.17, 15) is 9.59 Å². The van der Waals surface area contributed by atoms with Gasteiger partial charge in [0.05, 0.1) is 5.69 Å². The number of nitrogens with zero attached hydrogens (tertiary/aromatic N) is 3. The van der Waals surface area contributed by atoms with E-state index < -0.39 is 0 Å². The molecule has 6 heteroatoms. The minimum atomic E-state index is -0.127. The number of hydrogen-bond acceptors (Lipinski definition) is 4.